The van der Waals surface area contributed by atoms with Crippen molar-refractivity contribution in [3.63, 3.8) is 0 Å². The van der Waals surface area contributed by atoms with Crippen molar-refractivity contribution in [2.45, 2.75) is 72.8 Å². The zero-order chi connectivity index (χ0) is 42.9. The molecule has 314 valence electrons. The molecule has 3 aliphatic carbocycles. The van der Waals surface area contributed by atoms with Gasteiger partial charge in [-0.25, -0.2) is 0 Å². The summed E-state index contributed by atoms with van der Waals surface area (Å²) in [5.74, 6) is -1.31. The molecular weight excluding hydrogens is 769 g/mol. The molecule has 3 N–H and O–H groups in total. The second-order valence-corrected chi connectivity index (χ2v) is 16.7. The van der Waals surface area contributed by atoms with Crippen molar-refractivity contribution in [3.8, 4) is 5.75 Å². The van der Waals surface area contributed by atoms with Gasteiger partial charge in [-0.2, -0.15) is 0 Å². The van der Waals surface area contributed by atoms with Gasteiger partial charge in [0.2, 0.25) is 17.7 Å². The van der Waals surface area contributed by atoms with Gasteiger partial charge in [0.25, 0.3) is 11.8 Å². The third kappa shape index (κ3) is 8.26. The van der Waals surface area contributed by atoms with Crippen LogP contribution in [0.2, 0.25) is 0 Å². The van der Waals surface area contributed by atoms with Gasteiger partial charge in [-0.05, 0) is 111 Å². The Morgan fingerprint density at radius 1 is 0.902 bits per heavy atom. The second-order valence-electron chi connectivity index (χ2n) is 16.7. The van der Waals surface area contributed by atoms with Crippen molar-refractivity contribution in [3.05, 3.63) is 140 Å². The SMILES string of the molecule is CC1=CC=C2C(CC(=O)Nc3ccc(OCCCOCCNc4cccc5c4C(=O)N(C4CCC(=O)NC4=O)C5=O)c(C)c3)C=C(c3ccc(C)cc3)C3=C(CC(C)=C3C)C12. The predicted octanol–water partition coefficient (Wildman–Crippen LogP) is 8.18. The Morgan fingerprint density at radius 3 is 2.48 bits per heavy atom. The highest BCUT2D eigenvalue weighted by atomic mass is 16.5. The highest BCUT2D eigenvalue weighted by Gasteiger charge is 2.45. The van der Waals surface area contributed by atoms with Gasteiger partial charge in [-0.15, -0.1) is 0 Å². The molecule has 5 aliphatic rings. The lowest BCUT2D eigenvalue weighted by atomic mass is 9.80. The van der Waals surface area contributed by atoms with E-state index in [0.29, 0.717) is 44.9 Å². The number of imide groups is 2. The Labute approximate surface area is 356 Å². The molecule has 2 aliphatic heterocycles. The number of allylic oxidation sites excluding steroid dienone is 10. The van der Waals surface area contributed by atoms with Crippen LogP contribution in [0, 0.1) is 25.7 Å². The van der Waals surface area contributed by atoms with Crippen molar-refractivity contribution in [1.29, 1.82) is 0 Å². The molecule has 2 heterocycles. The first kappa shape index (κ1) is 41.4. The molecule has 3 unspecified atom stereocenters. The molecule has 1 fully saturated rings. The van der Waals surface area contributed by atoms with E-state index in [1.807, 2.05) is 25.1 Å². The van der Waals surface area contributed by atoms with E-state index in [4.69, 9.17) is 9.47 Å². The highest BCUT2D eigenvalue weighted by molar-refractivity contribution is 6.25. The van der Waals surface area contributed by atoms with Gasteiger partial charge in [0.05, 0.1) is 24.3 Å². The molecule has 0 spiro atoms. The molecule has 8 rings (SSSR count). The minimum absolute atomic E-state index is 0.0372. The Hall–Kier alpha value is -6.33. The van der Waals surface area contributed by atoms with Crippen LogP contribution in [0.4, 0.5) is 11.4 Å². The zero-order valence-electron chi connectivity index (χ0n) is 35.4. The van der Waals surface area contributed by atoms with E-state index in [0.717, 1.165) is 28.3 Å². The first-order chi connectivity index (χ1) is 29.4. The monoisotopic (exact) mass is 820 g/mol. The van der Waals surface area contributed by atoms with E-state index >= 15 is 0 Å². The summed E-state index contributed by atoms with van der Waals surface area (Å²) in [4.78, 5) is 65.2. The van der Waals surface area contributed by atoms with Gasteiger partial charge in [-0.1, -0.05) is 70.8 Å². The number of ether oxygens (including phenoxy) is 2. The summed E-state index contributed by atoms with van der Waals surface area (Å²) in [5.41, 5.74) is 14.3. The summed E-state index contributed by atoms with van der Waals surface area (Å²) in [6, 6.07) is 18.4. The van der Waals surface area contributed by atoms with Crippen molar-refractivity contribution in [2.24, 2.45) is 11.8 Å². The minimum atomic E-state index is -1.02. The molecule has 0 aromatic heterocycles. The molecule has 3 aromatic rings. The summed E-state index contributed by atoms with van der Waals surface area (Å²) in [7, 11) is 0. The fourth-order valence-corrected chi connectivity index (χ4v) is 9.28. The topological polar surface area (TPSA) is 143 Å². The van der Waals surface area contributed by atoms with E-state index in [9.17, 15) is 24.0 Å². The average Bonchev–Trinajstić information content (AvgIpc) is 3.81. The van der Waals surface area contributed by atoms with Gasteiger partial charge < -0.3 is 20.1 Å². The molecule has 11 nitrogen and oxygen atoms in total. The lowest BCUT2D eigenvalue weighted by Gasteiger charge is -2.27. The quantitative estimate of drug-likeness (QED) is 0.109. The van der Waals surface area contributed by atoms with Crippen LogP contribution >= 0.6 is 0 Å². The molecule has 11 heteroatoms. The fraction of sp³-hybridized carbons (Fsp3) is 0.340. The maximum Gasteiger partial charge on any atom is 0.264 e. The molecule has 0 bridgehead atoms. The van der Waals surface area contributed by atoms with E-state index < -0.39 is 29.7 Å². The predicted molar refractivity (Wildman–Crippen MR) is 235 cm³/mol. The maximum atomic E-state index is 13.8. The Bertz CT molecular complexity index is 2510. The van der Waals surface area contributed by atoms with Crippen LogP contribution < -0.4 is 20.7 Å². The largest absolute Gasteiger partial charge is 0.493 e. The first-order valence-corrected chi connectivity index (χ1v) is 21.2. The van der Waals surface area contributed by atoms with Gasteiger partial charge in [0.15, 0.2) is 0 Å². The average molecular weight is 821 g/mol. The van der Waals surface area contributed by atoms with Crippen molar-refractivity contribution < 1.29 is 33.4 Å². The summed E-state index contributed by atoms with van der Waals surface area (Å²) in [6.45, 7) is 12.4. The normalized spacial score (nSPS) is 20.8. The summed E-state index contributed by atoms with van der Waals surface area (Å²) in [6.07, 6.45) is 8.90. The lowest BCUT2D eigenvalue weighted by molar-refractivity contribution is -0.136. The van der Waals surface area contributed by atoms with E-state index in [2.05, 4.69) is 86.1 Å². The molecule has 1 saturated heterocycles. The lowest BCUT2D eigenvalue weighted by Crippen LogP contribution is -2.54. The molecule has 0 radical (unpaired) electrons. The number of anilines is 2. The zero-order valence-corrected chi connectivity index (χ0v) is 35.4. The van der Waals surface area contributed by atoms with Crippen LogP contribution in [0.5, 0.6) is 5.75 Å². The van der Waals surface area contributed by atoms with Crippen molar-refractivity contribution >= 4 is 46.5 Å². The Morgan fingerprint density at radius 2 is 1.70 bits per heavy atom. The van der Waals surface area contributed by atoms with Crippen LogP contribution in [0.3, 0.4) is 0 Å². The van der Waals surface area contributed by atoms with Gasteiger partial charge in [0.1, 0.15) is 11.8 Å². The van der Waals surface area contributed by atoms with E-state index in [1.54, 1.807) is 18.2 Å². The number of carbonyl (C=O) groups excluding carboxylic acids is 5. The smallest absolute Gasteiger partial charge is 0.264 e. The van der Waals surface area contributed by atoms with Crippen LogP contribution in [0.1, 0.15) is 90.3 Å². The van der Waals surface area contributed by atoms with Crippen LogP contribution in [-0.4, -0.2) is 66.8 Å². The number of benzene rings is 3. The van der Waals surface area contributed by atoms with Crippen LogP contribution in [0.25, 0.3) is 5.57 Å². The van der Waals surface area contributed by atoms with Crippen molar-refractivity contribution in [1.82, 2.24) is 10.2 Å². The van der Waals surface area contributed by atoms with Crippen LogP contribution in [-0.2, 0) is 19.1 Å². The van der Waals surface area contributed by atoms with Gasteiger partial charge >= 0.3 is 0 Å². The second kappa shape index (κ2) is 17.3. The number of aryl methyl sites for hydroxylation is 2. The number of nitrogens with zero attached hydrogens (tertiary/aromatic N) is 1. The summed E-state index contributed by atoms with van der Waals surface area (Å²) >= 11 is 0. The number of carbonyl (C=O) groups is 5. The number of fused-ring (bicyclic) bond motifs is 3. The standard InChI is InChI=1S/C50H52N4O7/c1-28-10-13-33(14-11-28)38-26-34(36-16-12-29(2)45(36)39-25-30(3)32(5)46(38)39)27-44(56)52-35-15-18-42(31(4)24-35)61-22-7-21-60-23-20-51-40-9-6-8-37-47(40)50(59)54(49(37)58)41-17-19-43(55)53-48(41)57/h6,8-16,18,24,26,34,41,45,51H,7,17,19-23,25,27H2,1-5H3,(H,52,56)(H,53,55,57). The van der Waals surface area contributed by atoms with Gasteiger partial charge in [0, 0.05) is 55.6 Å². The highest BCUT2D eigenvalue weighted by Crippen LogP contribution is 2.52. The third-order valence-electron chi connectivity index (χ3n) is 12.5. The maximum absolute atomic E-state index is 13.8. The van der Waals surface area contributed by atoms with E-state index in [1.165, 1.54) is 50.1 Å². The van der Waals surface area contributed by atoms with Gasteiger partial charge in [-0.3, -0.25) is 34.2 Å². The molecule has 61 heavy (non-hydrogen) atoms. The number of hydrogen-bond donors (Lipinski definition) is 3. The Kier molecular flexibility index (Phi) is 11.8. The number of rotatable bonds is 14. The number of hydrogen-bond acceptors (Lipinski definition) is 8. The number of amides is 5. The molecule has 3 aromatic carbocycles. The summed E-state index contributed by atoms with van der Waals surface area (Å²) < 4.78 is 11.9. The first-order valence-electron chi connectivity index (χ1n) is 21.2. The van der Waals surface area contributed by atoms with E-state index in [-0.39, 0.29) is 41.7 Å². The Balaban J connectivity index is 0.814. The summed E-state index contributed by atoms with van der Waals surface area (Å²) in [5, 5.41) is 8.57. The molecule has 5 amide bonds. The third-order valence-corrected chi connectivity index (χ3v) is 12.5. The fourth-order valence-electron chi connectivity index (χ4n) is 9.28. The minimum Gasteiger partial charge on any atom is -0.493 e. The van der Waals surface area contributed by atoms with Crippen LogP contribution in [0.15, 0.2) is 112 Å². The molecule has 3 atom stereocenters. The molecule has 0 saturated carbocycles. The van der Waals surface area contributed by atoms with Crippen molar-refractivity contribution in [2.75, 3.05) is 37.0 Å². The number of piperidine rings is 1. The molecular formula is C50H52N4O7. The number of nitrogens with one attached hydrogen (secondary N) is 3.